The van der Waals surface area contributed by atoms with Gasteiger partial charge in [0.2, 0.25) is 5.13 Å². The van der Waals surface area contributed by atoms with Gasteiger partial charge in [0.15, 0.2) is 0 Å². The lowest BCUT2D eigenvalue weighted by Gasteiger charge is -2.14. The van der Waals surface area contributed by atoms with Crippen LogP contribution in [-0.4, -0.2) is 24.2 Å². The van der Waals surface area contributed by atoms with Crippen LogP contribution in [0.1, 0.15) is 15.9 Å². The number of ether oxygens (including phenoxy) is 1. The average molecular weight is 501 g/mol. The number of hydrazone groups is 1. The molecule has 0 fully saturated rings. The number of amides is 1. The van der Waals surface area contributed by atoms with Gasteiger partial charge in [-0.1, -0.05) is 51.0 Å². The summed E-state index contributed by atoms with van der Waals surface area (Å²) in [6.45, 7) is 0. The summed E-state index contributed by atoms with van der Waals surface area (Å²) in [5, 5.41) is 6.79. The number of carbonyl (C=O) groups is 1. The Morgan fingerprint density at radius 2 is 1.87 bits per heavy atom. The standard InChI is InChI=1S/C22H15BrClN3O2S/c1-29-18-10-11-19-20(12-18)30-22(26-19)27(21(28)15-4-8-17(24)9-5-15)25-13-14-2-6-16(23)7-3-14/h2-13H,1H3/b25-13+. The molecule has 4 aromatic rings. The Kier molecular flexibility index (Phi) is 6.13. The third kappa shape index (κ3) is 4.53. The molecule has 0 N–H and O–H groups in total. The molecule has 1 heterocycles. The minimum absolute atomic E-state index is 0.300. The number of hydrogen-bond donors (Lipinski definition) is 0. The van der Waals surface area contributed by atoms with Gasteiger partial charge < -0.3 is 4.74 Å². The molecule has 0 atom stereocenters. The number of anilines is 1. The van der Waals surface area contributed by atoms with Gasteiger partial charge in [-0.3, -0.25) is 4.79 Å². The van der Waals surface area contributed by atoms with E-state index >= 15 is 0 Å². The van der Waals surface area contributed by atoms with Crippen molar-refractivity contribution in [1.29, 1.82) is 0 Å². The molecule has 1 aromatic heterocycles. The fourth-order valence-corrected chi connectivity index (χ4v) is 4.03. The minimum Gasteiger partial charge on any atom is -0.497 e. The first-order chi connectivity index (χ1) is 14.5. The number of methoxy groups -OCH3 is 1. The van der Waals surface area contributed by atoms with Crippen LogP contribution < -0.4 is 9.75 Å². The molecule has 30 heavy (non-hydrogen) atoms. The van der Waals surface area contributed by atoms with E-state index in [1.807, 2.05) is 42.5 Å². The lowest BCUT2D eigenvalue weighted by atomic mass is 10.2. The first-order valence-corrected chi connectivity index (χ1v) is 10.9. The smallest absolute Gasteiger partial charge is 0.280 e. The molecule has 0 bridgehead atoms. The van der Waals surface area contributed by atoms with Gasteiger partial charge in [0, 0.05) is 15.1 Å². The van der Waals surface area contributed by atoms with E-state index in [0.717, 1.165) is 26.0 Å². The molecule has 5 nitrogen and oxygen atoms in total. The Hall–Kier alpha value is -2.74. The molecule has 150 valence electrons. The lowest BCUT2D eigenvalue weighted by Crippen LogP contribution is -2.25. The summed E-state index contributed by atoms with van der Waals surface area (Å²) in [6, 6.07) is 19.9. The highest BCUT2D eigenvalue weighted by Crippen LogP contribution is 2.32. The van der Waals surface area contributed by atoms with Gasteiger partial charge in [0.1, 0.15) is 5.75 Å². The predicted molar refractivity (Wildman–Crippen MR) is 126 cm³/mol. The molecule has 1 amide bonds. The Morgan fingerprint density at radius 3 is 2.57 bits per heavy atom. The van der Waals surface area contributed by atoms with Gasteiger partial charge in [-0.2, -0.15) is 10.1 Å². The van der Waals surface area contributed by atoms with Crippen molar-refractivity contribution < 1.29 is 9.53 Å². The molecular weight excluding hydrogens is 486 g/mol. The molecule has 3 aromatic carbocycles. The van der Waals surface area contributed by atoms with Crippen molar-refractivity contribution in [2.24, 2.45) is 5.10 Å². The molecule has 0 saturated heterocycles. The first-order valence-electron chi connectivity index (χ1n) is 8.87. The highest BCUT2D eigenvalue weighted by molar-refractivity contribution is 9.10. The van der Waals surface area contributed by atoms with Crippen molar-refractivity contribution in [3.63, 3.8) is 0 Å². The van der Waals surface area contributed by atoms with Crippen LogP contribution >= 0.6 is 38.9 Å². The number of thiazole rings is 1. The van der Waals surface area contributed by atoms with Gasteiger partial charge in [-0.15, -0.1) is 0 Å². The monoisotopic (exact) mass is 499 g/mol. The van der Waals surface area contributed by atoms with Crippen LogP contribution in [0.15, 0.2) is 76.3 Å². The normalized spacial score (nSPS) is 11.2. The molecule has 0 unspecified atom stereocenters. The highest BCUT2D eigenvalue weighted by atomic mass is 79.9. The molecule has 0 spiro atoms. The maximum atomic E-state index is 13.2. The minimum atomic E-state index is -0.300. The van der Waals surface area contributed by atoms with Crippen LogP contribution in [0, 0.1) is 0 Å². The van der Waals surface area contributed by atoms with Crippen molar-refractivity contribution in [3.05, 3.63) is 87.4 Å². The summed E-state index contributed by atoms with van der Waals surface area (Å²) in [4.78, 5) is 17.8. The van der Waals surface area contributed by atoms with E-state index in [1.165, 1.54) is 16.3 Å². The van der Waals surface area contributed by atoms with Crippen LogP contribution in [0.5, 0.6) is 5.75 Å². The number of aromatic nitrogens is 1. The summed E-state index contributed by atoms with van der Waals surface area (Å²) < 4.78 is 7.15. The van der Waals surface area contributed by atoms with Crippen molar-refractivity contribution in [2.75, 3.05) is 12.1 Å². The summed E-state index contributed by atoms with van der Waals surface area (Å²) in [5.41, 5.74) is 2.09. The Balaban J connectivity index is 1.75. The topological polar surface area (TPSA) is 54.8 Å². The van der Waals surface area contributed by atoms with Crippen molar-refractivity contribution in [1.82, 2.24) is 4.98 Å². The maximum absolute atomic E-state index is 13.2. The Labute approximate surface area is 190 Å². The van der Waals surface area contributed by atoms with Gasteiger partial charge >= 0.3 is 0 Å². The number of rotatable bonds is 5. The number of hydrogen-bond acceptors (Lipinski definition) is 5. The second-order valence-corrected chi connectivity index (χ2v) is 8.61. The van der Waals surface area contributed by atoms with Crippen LogP contribution in [-0.2, 0) is 0 Å². The zero-order valence-corrected chi connectivity index (χ0v) is 18.9. The maximum Gasteiger partial charge on any atom is 0.280 e. The van der Waals surface area contributed by atoms with E-state index in [4.69, 9.17) is 16.3 Å². The molecule has 0 aliphatic rings. The molecule has 0 saturated carbocycles. The Morgan fingerprint density at radius 1 is 1.13 bits per heavy atom. The fraction of sp³-hybridized carbons (Fsp3) is 0.0455. The molecular formula is C22H15BrClN3O2S. The average Bonchev–Trinajstić information content (AvgIpc) is 3.18. The van der Waals surface area contributed by atoms with Crippen LogP contribution in [0.2, 0.25) is 5.02 Å². The second-order valence-electron chi connectivity index (χ2n) is 6.25. The van der Waals surface area contributed by atoms with Crippen LogP contribution in [0.25, 0.3) is 10.2 Å². The SMILES string of the molecule is COc1ccc2nc(N(/N=C/c3ccc(Br)cc3)C(=O)c3ccc(Cl)cc3)sc2c1. The number of fused-ring (bicyclic) bond motifs is 1. The summed E-state index contributed by atoms with van der Waals surface area (Å²) >= 11 is 10.7. The summed E-state index contributed by atoms with van der Waals surface area (Å²) in [5.74, 6) is 0.428. The zero-order chi connectivity index (χ0) is 21.1. The number of benzene rings is 3. The van der Waals surface area contributed by atoms with Crippen molar-refractivity contribution in [2.45, 2.75) is 0 Å². The molecule has 0 aliphatic heterocycles. The van der Waals surface area contributed by atoms with E-state index in [1.54, 1.807) is 37.6 Å². The number of carbonyl (C=O) groups excluding carboxylic acids is 1. The summed E-state index contributed by atoms with van der Waals surface area (Å²) in [6.07, 6.45) is 1.63. The van der Waals surface area contributed by atoms with Crippen LogP contribution in [0.4, 0.5) is 5.13 Å². The third-order valence-electron chi connectivity index (χ3n) is 4.24. The fourth-order valence-electron chi connectivity index (χ4n) is 2.69. The van der Waals surface area contributed by atoms with Gasteiger partial charge in [0.25, 0.3) is 5.91 Å². The lowest BCUT2D eigenvalue weighted by molar-refractivity contribution is 0.0988. The third-order valence-corrected chi connectivity index (χ3v) is 6.02. The first kappa shape index (κ1) is 20.5. The van der Waals surface area contributed by atoms with E-state index in [0.29, 0.717) is 15.7 Å². The van der Waals surface area contributed by atoms with Gasteiger partial charge in [0.05, 0.1) is 23.5 Å². The van der Waals surface area contributed by atoms with E-state index in [-0.39, 0.29) is 5.91 Å². The van der Waals surface area contributed by atoms with Gasteiger partial charge in [-0.25, -0.2) is 4.98 Å². The van der Waals surface area contributed by atoms with E-state index in [2.05, 4.69) is 26.0 Å². The van der Waals surface area contributed by atoms with Crippen LogP contribution in [0.3, 0.4) is 0 Å². The molecule has 4 rings (SSSR count). The number of halogens is 2. The number of nitrogens with zero attached hydrogens (tertiary/aromatic N) is 3. The van der Waals surface area contributed by atoms with E-state index in [9.17, 15) is 4.79 Å². The van der Waals surface area contributed by atoms with Gasteiger partial charge in [-0.05, 0) is 60.2 Å². The zero-order valence-electron chi connectivity index (χ0n) is 15.8. The molecule has 0 radical (unpaired) electrons. The summed E-state index contributed by atoms with van der Waals surface area (Å²) in [7, 11) is 1.61. The molecule has 0 aliphatic carbocycles. The van der Waals surface area contributed by atoms with E-state index < -0.39 is 0 Å². The largest absolute Gasteiger partial charge is 0.497 e. The highest BCUT2D eigenvalue weighted by Gasteiger charge is 2.21. The van der Waals surface area contributed by atoms with Crippen molar-refractivity contribution in [3.8, 4) is 5.75 Å². The predicted octanol–water partition coefficient (Wildman–Crippen LogP) is 6.40. The van der Waals surface area contributed by atoms with Crippen molar-refractivity contribution >= 4 is 66.3 Å². The molecule has 8 heteroatoms. The Bertz CT molecular complexity index is 1220. The second kappa shape index (κ2) is 8.95. The quantitative estimate of drug-likeness (QED) is 0.235.